The third kappa shape index (κ3) is 2.73. The van der Waals surface area contributed by atoms with Gasteiger partial charge in [0, 0.05) is 5.92 Å². The zero-order valence-electron chi connectivity index (χ0n) is 9.89. The summed E-state index contributed by atoms with van der Waals surface area (Å²) in [5.74, 6) is 0.296. The largest absolute Gasteiger partial charge is 0.388 e. The highest BCUT2D eigenvalue weighted by Gasteiger charge is 2.18. The molecule has 86 valence electrons. The molecule has 1 heteroatoms. The highest BCUT2D eigenvalue weighted by atomic mass is 16.3. The predicted octanol–water partition coefficient (Wildman–Crippen LogP) is 3.77. The fraction of sp³-hybridized carbons (Fsp3) is 0.467. The molecule has 0 fully saturated rings. The van der Waals surface area contributed by atoms with Gasteiger partial charge in [-0.3, -0.25) is 0 Å². The van der Waals surface area contributed by atoms with Gasteiger partial charge in [-0.25, -0.2) is 0 Å². The number of aliphatic hydroxyl groups excluding tert-OH is 1. The van der Waals surface area contributed by atoms with Crippen LogP contribution in [0.25, 0.3) is 0 Å². The van der Waals surface area contributed by atoms with Gasteiger partial charge in [0.1, 0.15) is 0 Å². The zero-order valence-corrected chi connectivity index (χ0v) is 9.89. The van der Waals surface area contributed by atoms with Gasteiger partial charge in [0.25, 0.3) is 0 Å². The standard InChI is InChI=1S/C15H20O/c1-12-8-10-14(11-9-12)15(16)13-6-4-2-3-5-7-13/h4,6,8-11,13,15-16H,2-3,5,7H2,1H3/t13-,15+/m0/s1. The molecule has 16 heavy (non-hydrogen) atoms. The topological polar surface area (TPSA) is 20.2 Å². The third-order valence-corrected chi connectivity index (χ3v) is 3.37. The number of hydrogen-bond donors (Lipinski definition) is 1. The van der Waals surface area contributed by atoms with Crippen LogP contribution >= 0.6 is 0 Å². The van der Waals surface area contributed by atoms with Crippen LogP contribution in [-0.2, 0) is 0 Å². The molecule has 2 atom stereocenters. The van der Waals surface area contributed by atoms with E-state index in [-0.39, 0.29) is 6.10 Å². The zero-order chi connectivity index (χ0) is 11.4. The van der Waals surface area contributed by atoms with Crippen LogP contribution < -0.4 is 0 Å². The van der Waals surface area contributed by atoms with Gasteiger partial charge in [0.05, 0.1) is 6.10 Å². The van der Waals surface area contributed by atoms with Crippen molar-refractivity contribution in [3.8, 4) is 0 Å². The quantitative estimate of drug-likeness (QED) is 0.746. The maximum absolute atomic E-state index is 10.3. The van der Waals surface area contributed by atoms with E-state index in [2.05, 4.69) is 31.2 Å². The summed E-state index contributed by atoms with van der Waals surface area (Å²) >= 11 is 0. The number of hydrogen-bond acceptors (Lipinski definition) is 1. The van der Waals surface area contributed by atoms with Gasteiger partial charge < -0.3 is 5.11 Å². The normalized spacial score (nSPS) is 22.8. The van der Waals surface area contributed by atoms with Crippen LogP contribution in [0.1, 0.15) is 42.9 Å². The first kappa shape index (κ1) is 11.4. The van der Waals surface area contributed by atoms with Crippen molar-refractivity contribution in [1.29, 1.82) is 0 Å². The van der Waals surface area contributed by atoms with E-state index in [9.17, 15) is 5.11 Å². The molecule has 0 aromatic heterocycles. The summed E-state index contributed by atoms with van der Waals surface area (Å²) in [5.41, 5.74) is 2.29. The fourth-order valence-electron chi connectivity index (χ4n) is 2.28. The number of benzene rings is 1. The van der Waals surface area contributed by atoms with Gasteiger partial charge in [-0.1, -0.05) is 48.4 Å². The van der Waals surface area contributed by atoms with E-state index >= 15 is 0 Å². The smallest absolute Gasteiger partial charge is 0.0852 e. The van der Waals surface area contributed by atoms with Crippen molar-refractivity contribution in [3.63, 3.8) is 0 Å². The second-order valence-electron chi connectivity index (χ2n) is 4.73. The second kappa shape index (κ2) is 5.31. The van der Waals surface area contributed by atoms with Crippen LogP contribution in [-0.4, -0.2) is 5.11 Å². The van der Waals surface area contributed by atoms with Gasteiger partial charge in [0.2, 0.25) is 0 Å². The Morgan fingerprint density at radius 1 is 1.19 bits per heavy atom. The van der Waals surface area contributed by atoms with Crippen LogP contribution in [0.3, 0.4) is 0 Å². The minimum atomic E-state index is -0.338. The lowest BCUT2D eigenvalue weighted by Gasteiger charge is -2.19. The summed E-state index contributed by atoms with van der Waals surface area (Å²) in [7, 11) is 0. The van der Waals surface area contributed by atoms with Crippen LogP contribution in [0.15, 0.2) is 36.4 Å². The summed E-state index contributed by atoms with van der Waals surface area (Å²) in [5, 5.41) is 10.3. The molecule has 0 radical (unpaired) electrons. The lowest BCUT2D eigenvalue weighted by Crippen LogP contribution is -2.09. The van der Waals surface area contributed by atoms with Crippen LogP contribution in [0.4, 0.5) is 0 Å². The maximum atomic E-state index is 10.3. The van der Waals surface area contributed by atoms with Crippen molar-refractivity contribution in [1.82, 2.24) is 0 Å². The van der Waals surface area contributed by atoms with Gasteiger partial charge >= 0.3 is 0 Å². The van der Waals surface area contributed by atoms with Crippen molar-refractivity contribution in [2.45, 2.75) is 38.7 Å². The van der Waals surface area contributed by atoms with Crippen LogP contribution in [0.5, 0.6) is 0 Å². The number of aryl methyl sites for hydroxylation is 1. The molecule has 0 unspecified atom stereocenters. The molecule has 2 rings (SSSR count). The summed E-state index contributed by atoms with van der Waals surface area (Å²) in [4.78, 5) is 0. The Bertz CT molecular complexity index is 350. The first-order valence-electron chi connectivity index (χ1n) is 6.18. The molecule has 1 aromatic carbocycles. The molecule has 0 saturated heterocycles. The molecular formula is C15H20O. The summed E-state index contributed by atoms with van der Waals surface area (Å²) in [6, 6.07) is 8.22. The van der Waals surface area contributed by atoms with Crippen LogP contribution in [0, 0.1) is 12.8 Å². The van der Waals surface area contributed by atoms with E-state index in [1.165, 1.54) is 18.4 Å². The molecule has 1 aromatic rings. The monoisotopic (exact) mass is 216 g/mol. The Kier molecular flexibility index (Phi) is 3.79. The molecule has 1 N–H and O–H groups in total. The van der Waals surface area contributed by atoms with Gasteiger partial charge in [0.15, 0.2) is 0 Å². The van der Waals surface area contributed by atoms with Gasteiger partial charge in [-0.05, 0) is 31.7 Å². The average molecular weight is 216 g/mol. The molecule has 0 aliphatic heterocycles. The number of aliphatic hydroxyl groups is 1. The van der Waals surface area contributed by atoms with Gasteiger partial charge in [-0.15, -0.1) is 0 Å². The lowest BCUT2D eigenvalue weighted by atomic mass is 9.92. The van der Waals surface area contributed by atoms with E-state index in [4.69, 9.17) is 0 Å². The molecule has 0 amide bonds. The van der Waals surface area contributed by atoms with E-state index in [1.54, 1.807) is 0 Å². The number of allylic oxidation sites excluding steroid dienone is 1. The second-order valence-corrected chi connectivity index (χ2v) is 4.73. The SMILES string of the molecule is Cc1ccc([C@H](O)[C@H]2C=CCCCC2)cc1. The molecular weight excluding hydrogens is 196 g/mol. The summed E-state index contributed by atoms with van der Waals surface area (Å²) in [6.07, 6.45) is 8.82. The summed E-state index contributed by atoms with van der Waals surface area (Å²) in [6.45, 7) is 2.07. The third-order valence-electron chi connectivity index (χ3n) is 3.37. The molecule has 0 spiro atoms. The molecule has 1 aliphatic rings. The minimum Gasteiger partial charge on any atom is -0.388 e. The summed E-state index contributed by atoms with van der Waals surface area (Å²) < 4.78 is 0. The van der Waals surface area contributed by atoms with Crippen molar-refractivity contribution in [2.24, 2.45) is 5.92 Å². The van der Waals surface area contributed by atoms with Crippen molar-refractivity contribution >= 4 is 0 Å². The average Bonchev–Trinajstić information content (AvgIpc) is 2.57. The predicted molar refractivity (Wildman–Crippen MR) is 67.2 cm³/mol. The Labute approximate surface area is 97.8 Å². The Morgan fingerprint density at radius 2 is 1.94 bits per heavy atom. The molecule has 0 heterocycles. The highest BCUT2D eigenvalue weighted by molar-refractivity contribution is 5.24. The Balaban J connectivity index is 2.11. The Hall–Kier alpha value is -1.08. The first-order valence-corrected chi connectivity index (χ1v) is 6.18. The molecule has 0 bridgehead atoms. The lowest BCUT2D eigenvalue weighted by molar-refractivity contribution is 0.126. The van der Waals surface area contributed by atoms with Crippen molar-refractivity contribution in [3.05, 3.63) is 47.5 Å². The molecule has 0 saturated carbocycles. The van der Waals surface area contributed by atoms with E-state index in [0.29, 0.717) is 5.92 Å². The Morgan fingerprint density at radius 3 is 2.69 bits per heavy atom. The van der Waals surface area contributed by atoms with Crippen molar-refractivity contribution in [2.75, 3.05) is 0 Å². The minimum absolute atomic E-state index is 0.296. The molecule has 1 aliphatic carbocycles. The molecule has 1 nitrogen and oxygen atoms in total. The first-order chi connectivity index (χ1) is 7.77. The maximum Gasteiger partial charge on any atom is 0.0852 e. The fourth-order valence-corrected chi connectivity index (χ4v) is 2.28. The number of rotatable bonds is 2. The van der Waals surface area contributed by atoms with Gasteiger partial charge in [-0.2, -0.15) is 0 Å². The van der Waals surface area contributed by atoms with Crippen LogP contribution in [0.2, 0.25) is 0 Å². The highest BCUT2D eigenvalue weighted by Crippen LogP contribution is 2.29. The van der Waals surface area contributed by atoms with E-state index in [1.807, 2.05) is 12.1 Å². The van der Waals surface area contributed by atoms with Crippen molar-refractivity contribution < 1.29 is 5.11 Å². The van der Waals surface area contributed by atoms with E-state index in [0.717, 1.165) is 18.4 Å². The van der Waals surface area contributed by atoms with E-state index < -0.39 is 0 Å².